The van der Waals surface area contributed by atoms with Crippen LogP contribution in [0.2, 0.25) is 0 Å². The van der Waals surface area contributed by atoms with E-state index in [1.54, 1.807) is 23.3 Å². The summed E-state index contributed by atoms with van der Waals surface area (Å²) >= 11 is 0. The Kier molecular flexibility index (Phi) is 4.57. The molecule has 3 heterocycles. The second-order valence-electron chi connectivity index (χ2n) is 5.75. The van der Waals surface area contributed by atoms with Crippen LogP contribution in [0.5, 0.6) is 0 Å². The summed E-state index contributed by atoms with van der Waals surface area (Å²) < 4.78 is 7.60. The van der Waals surface area contributed by atoms with Gasteiger partial charge in [0.15, 0.2) is 0 Å². The molecule has 0 radical (unpaired) electrons. The van der Waals surface area contributed by atoms with Crippen molar-refractivity contribution in [2.45, 2.75) is 12.6 Å². The van der Waals surface area contributed by atoms with Gasteiger partial charge in [-0.05, 0) is 12.1 Å². The molecular weight excluding hydrogens is 294 g/mol. The van der Waals surface area contributed by atoms with E-state index in [2.05, 4.69) is 9.97 Å². The van der Waals surface area contributed by atoms with E-state index in [9.17, 15) is 4.79 Å². The summed E-state index contributed by atoms with van der Waals surface area (Å²) in [6.07, 6.45) is 4.93. The van der Waals surface area contributed by atoms with Crippen LogP contribution >= 0.6 is 0 Å². The number of aromatic nitrogens is 3. The zero-order chi connectivity index (χ0) is 16.2. The van der Waals surface area contributed by atoms with Crippen molar-refractivity contribution in [2.24, 2.45) is 0 Å². The third-order valence-corrected chi connectivity index (χ3v) is 3.84. The molecule has 1 atom stereocenters. The molecule has 7 heteroatoms. The largest absolute Gasteiger partial charge is 0.368 e. The topological polar surface area (TPSA) is 63.5 Å². The number of ether oxygens (including phenoxy) is 1. The van der Waals surface area contributed by atoms with E-state index in [1.807, 2.05) is 42.1 Å². The van der Waals surface area contributed by atoms with Crippen molar-refractivity contribution < 1.29 is 9.53 Å². The molecule has 0 spiro atoms. The van der Waals surface area contributed by atoms with Gasteiger partial charge in [-0.1, -0.05) is 6.07 Å². The molecule has 7 nitrogen and oxygen atoms in total. The third kappa shape index (κ3) is 3.68. The van der Waals surface area contributed by atoms with E-state index in [0.29, 0.717) is 26.2 Å². The highest BCUT2D eigenvalue weighted by Crippen LogP contribution is 2.22. The van der Waals surface area contributed by atoms with Gasteiger partial charge in [0, 0.05) is 33.0 Å². The van der Waals surface area contributed by atoms with Crippen LogP contribution in [-0.2, 0) is 16.1 Å². The van der Waals surface area contributed by atoms with Crippen LogP contribution in [-0.4, -0.2) is 59.1 Å². The summed E-state index contributed by atoms with van der Waals surface area (Å²) in [4.78, 5) is 24.8. The van der Waals surface area contributed by atoms with Crippen molar-refractivity contribution in [2.75, 3.05) is 38.7 Å². The first kappa shape index (κ1) is 15.5. The average molecular weight is 315 g/mol. The van der Waals surface area contributed by atoms with E-state index < -0.39 is 0 Å². The SMILES string of the molecule is CN(C)c1cccc([C@@H]2CN(C(=O)Cn3ccnc3)CCO2)n1. The zero-order valence-electron chi connectivity index (χ0n) is 13.4. The molecule has 0 saturated carbocycles. The second kappa shape index (κ2) is 6.78. The van der Waals surface area contributed by atoms with Crippen LogP contribution in [0.15, 0.2) is 36.9 Å². The molecule has 2 aromatic heterocycles. The summed E-state index contributed by atoms with van der Waals surface area (Å²) in [6, 6.07) is 5.86. The van der Waals surface area contributed by atoms with Crippen molar-refractivity contribution in [3.63, 3.8) is 0 Å². The second-order valence-corrected chi connectivity index (χ2v) is 5.75. The van der Waals surface area contributed by atoms with Crippen molar-refractivity contribution >= 4 is 11.7 Å². The molecule has 1 aliphatic heterocycles. The highest BCUT2D eigenvalue weighted by molar-refractivity contribution is 5.76. The number of nitrogens with zero attached hydrogens (tertiary/aromatic N) is 5. The number of anilines is 1. The molecule has 0 unspecified atom stereocenters. The quantitative estimate of drug-likeness (QED) is 0.840. The summed E-state index contributed by atoms with van der Waals surface area (Å²) in [5.74, 6) is 0.952. The minimum atomic E-state index is -0.185. The smallest absolute Gasteiger partial charge is 0.242 e. The van der Waals surface area contributed by atoms with Gasteiger partial charge in [-0.2, -0.15) is 0 Å². The predicted molar refractivity (Wildman–Crippen MR) is 86.1 cm³/mol. The molecule has 1 amide bonds. The Bertz CT molecular complexity index is 656. The van der Waals surface area contributed by atoms with E-state index in [0.717, 1.165) is 11.5 Å². The number of rotatable bonds is 4. The Labute approximate surface area is 135 Å². The lowest BCUT2D eigenvalue weighted by Gasteiger charge is -2.33. The normalized spacial score (nSPS) is 18.0. The lowest BCUT2D eigenvalue weighted by molar-refractivity contribution is -0.139. The van der Waals surface area contributed by atoms with Gasteiger partial charge in [0.1, 0.15) is 18.5 Å². The van der Waals surface area contributed by atoms with Crippen LogP contribution in [0.1, 0.15) is 11.8 Å². The summed E-state index contributed by atoms with van der Waals surface area (Å²) in [5.41, 5.74) is 0.858. The molecule has 0 N–H and O–H groups in total. The molecule has 0 bridgehead atoms. The van der Waals surface area contributed by atoms with E-state index in [4.69, 9.17) is 4.74 Å². The molecule has 0 aliphatic carbocycles. The monoisotopic (exact) mass is 315 g/mol. The summed E-state index contributed by atoms with van der Waals surface area (Å²) in [5, 5.41) is 0. The number of morpholine rings is 1. The van der Waals surface area contributed by atoms with Crippen molar-refractivity contribution in [3.05, 3.63) is 42.6 Å². The van der Waals surface area contributed by atoms with Crippen LogP contribution in [0.3, 0.4) is 0 Å². The van der Waals surface area contributed by atoms with Gasteiger partial charge < -0.3 is 19.1 Å². The highest BCUT2D eigenvalue weighted by atomic mass is 16.5. The van der Waals surface area contributed by atoms with Gasteiger partial charge in [-0.3, -0.25) is 4.79 Å². The highest BCUT2D eigenvalue weighted by Gasteiger charge is 2.26. The van der Waals surface area contributed by atoms with Gasteiger partial charge in [0.05, 0.1) is 25.2 Å². The van der Waals surface area contributed by atoms with Gasteiger partial charge in [0.2, 0.25) is 5.91 Å². The number of pyridine rings is 1. The lowest BCUT2D eigenvalue weighted by Crippen LogP contribution is -2.43. The molecule has 3 rings (SSSR count). The van der Waals surface area contributed by atoms with Gasteiger partial charge in [-0.15, -0.1) is 0 Å². The predicted octanol–water partition coefficient (Wildman–Crippen LogP) is 0.944. The number of carbonyl (C=O) groups excluding carboxylic acids is 1. The maximum atomic E-state index is 12.4. The fourth-order valence-corrected chi connectivity index (χ4v) is 2.56. The molecule has 1 fully saturated rings. The lowest BCUT2D eigenvalue weighted by atomic mass is 10.2. The Hall–Kier alpha value is -2.41. The first-order valence-electron chi connectivity index (χ1n) is 7.63. The molecule has 122 valence electrons. The Morgan fingerprint density at radius 1 is 1.43 bits per heavy atom. The summed E-state index contributed by atoms with van der Waals surface area (Å²) in [7, 11) is 3.91. The van der Waals surface area contributed by atoms with Gasteiger partial charge in [0.25, 0.3) is 0 Å². The zero-order valence-corrected chi connectivity index (χ0v) is 13.4. The average Bonchev–Trinajstić information content (AvgIpc) is 3.08. The number of amides is 1. The third-order valence-electron chi connectivity index (χ3n) is 3.84. The maximum Gasteiger partial charge on any atom is 0.242 e. The number of hydrogen-bond acceptors (Lipinski definition) is 5. The Balaban J connectivity index is 1.68. The number of carbonyl (C=O) groups is 1. The molecule has 2 aromatic rings. The molecule has 1 saturated heterocycles. The van der Waals surface area contributed by atoms with Gasteiger partial charge >= 0.3 is 0 Å². The van der Waals surface area contributed by atoms with E-state index >= 15 is 0 Å². The minimum absolute atomic E-state index is 0.0695. The fourth-order valence-electron chi connectivity index (χ4n) is 2.56. The van der Waals surface area contributed by atoms with Crippen LogP contribution in [0, 0.1) is 0 Å². The Morgan fingerprint density at radius 2 is 2.30 bits per heavy atom. The van der Waals surface area contributed by atoms with Crippen molar-refractivity contribution in [1.29, 1.82) is 0 Å². The van der Waals surface area contributed by atoms with Crippen LogP contribution in [0.25, 0.3) is 0 Å². The fraction of sp³-hybridized carbons (Fsp3) is 0.438. The molecule has 23 heavy (non-hydrogen) atoms. The Morgan fingerprint density at radius 3 is 3.04 bits per heavy atom. The minimum Gasteiger partial charge on any atom is -0.368 e. The van der Waals surface area contributed by atoms with E-state index in [-0.39, 0.29) is 12.0 Å². The van der Waals surface area contributed by atoms with Gasteiger partial charge in [-0.25, -0.2) is 9.97 Å². The first-order valence-corrected chi connectivity index (χ1v) is 7.63. The standard InChI is InChI=1S/C16H21N5O2/c1-19(2)15-5-3-4-13(18-15)14-10-21(8-9-23-14)16(22)11-20-7-6-17-12-20/h3-7,12,14H,8-11H2,1-2H3/t14-/m0/s1. The molecular formula is C16H21N5O2. The molecule has 1 aliphatic rings. The summed E-state index contributed by atoms with van der Waals surface area (Å²) in [6.45, 7) is 1.96. The van der Waals surface area contributed by atoms with E-state index in [1.165, 1.54) is 0 Å². The number of hydrogen-bond donors (Lipinski definition) is 0. The molecule has 0 aromatic carbocycles. The van der Waals surface area contributed by atoms with Crippen LogP contribution < -0.4 is 4.90 Å². The van der Waals surface area contributed by atoms with Crippen molar-refractivity contribution in [3.8, 4) is 0 Å². The van der Waals surface area contributed by atoms with Crippen molar-refractivity contribution in [1.82, 2.24) is 19.4 Å². The first-order chi connectivity index (χ1) is 11.1. The van der Waals surface area contributed by atoms with Crippen LogP contribution in [0.4, 0.5) is 5.82 Å². The number of imidazole rings is 1. The maximum absolute atomic E-state index is 12.4.